The Bertz CT molecular complexity index is 1410. The lowest BCUT2D eigenvalue weighted by Gasteiger charge is -2.40. The second-order valence-corrected chi connectivity index (χ2v) is 11.5. The number of carboxylic acid groups (broad SMARTS) is 1. The summed E-state index contributed by atoms with van der Waals surface area (Å²) in [7, 11) is 1.47. The lowest BCUT2D eigenvalue weighted by molar-refractivity contribution is -0.139. The smallest absolute Gasteiger partial charge is 0.416 e. The van der Waals surface area contributed by atoms with Gasteiger partial charge in [0.25, 0.3) is 0 Å². The molecule has 2 N–H and O–H groups in total. The van der Waals surface area contributed by atoms with Crippen LogP contribution in [0.4, 0.5) is 18.0 Å². The van der Waals surface area contributed by atoms with E-state index in [2.05, 4.69) is 10.4 Å². The Hall–Kier alpha value is -3.36. The molecule has 3 rings (SSSR count). The Balaban J connectivity index is 1.93. The van der Waals surface area contributed by atoms with Crippen molar-refractivity contribution in [2.75, 3.05) is 20.3 Å². The van der Waals surface area contributed by atoms with Crippen LogP contribution >= 0.6 is 22.9 Å². The Morgan fingerprint density at radius 2 is 1.88 bits per heavy atom. The van der Waals surface area contributed by atoms with Crippen molar-refractivity contribution in [3.05, 3.63) is 62.3 Å². The predicted octanol–water partition coefficient (Wildman–Crippen LogP) is 4.73. The first-order valence-electron chi connectivity index (χ1n) is 12.0. The van der Waals surface area contributed by atoms with E-state index in [0.29, 0.717) is 9.21 Å². The number of hydrogen-bond acceptors (Lipinski definition) is 6. The molecule has 2 aromatic heterocycles. The molecular formula is C25H29ClF3N5O5S. The summed E-state index contributed by atoms with van der Waals surface area (Å²) in [5, 5.41) is 16.7. The molecule has 218 valence electrons. The van der Waals surface area contributed by atoms with Crippen LogP contribution in [0, 0.1) is 0 Å². The zero-order valence-electron chi connectivity index (χ0n) is 22.2. The van der Waals surface area contributed by atoms with E-state index in [9.17, 15) is 32.7 Å². The number of halogens is 4. The van der Waals surface area contributed by atoms with Gasteiger partial charge in [-0.1, -0.05) is 29.8 Å². The van der Waals surface area contributed by atoms with Gasteiger partial charge in [-0.15, -0.1) is 16.4 Å². The number of ether oxygens (including phenoxy) is 1. The van der Waals surface area contributed by atoms with Gasteiger partial charge in [-0.3, -0.25) is 14.3 Å². The van der Waals surface area contributed by atoms with Crippen molar-refractivity contribution >= 4 is 34.9 Å². The number of hydrogen-bond donors (Lipinski definition) is 2. The molecule has 2 amide bonds. The van der Waals surface area contributed by atoms with Crippen LogP contribution in [0.1, 0.15) is 37.9 Å². The predicted molar refractivity (Wildman–Crippen MR) is 143 cm³/mol. The van der Waals surface area contributed by atoms with Crippen molar-refractivity contribution < 1.29 is 32.6 Å². The number of nitrogens with one attached hydrogen (secondary N) is 1. The fourth-order valence-corrected chi connectivity index (χ4v) is 5.26. The van der Waals surface area contributed by atoms with Crippen LogP contribution in [0.2, 0.25) is 4.34 Å². The molecule has 0 saturated heterocycles. The highest BCUT2D eigenvalue weighted by Gasteiger charge is 2.40. The summed E-state index contributed by atoms with van der Waals surface area (Å²) < 4.78 is 49.3. The van der Waals surface area contributed by atoms with Crippen LogP contribution in [0.3, 0.4) is 0 Å². The summed E-state index contributed by atoms with van der Waals surface area (Å²) in [6, 6.07) is 6.54. The molecule has 0 aliphatic carbocycles. The van der Waals surface area contributed by atoms with Gasteiger partial charge in [-0.25, -0.2) is 14.3 Å². The average molecular weight is 604 g/mol. The first-order chi connectivity index (χ1) is 18.6. The van der Waals surface area contributed by atoms with Gasteiger partial charge in [0, 0.05) is 19.2 Å². The van der Waals surface area contributed by atoms with Crippen LogP contribution in [0.25, 0.3) is 10.7 Å². The van der Waals surface area contributed by atoms with E-state index >= 15 is 0 Å². The van der Waals surface area contributed by atoms with Crippen LogP contribution in [-0.2, 0) is 28.8 Å². The standard InChI is InChI=1S/C25H29ClF3N5O5S/c1-24(2,3)34(23(37)38)17(15-7-5-6-8-16(15)25(27,28)29)13-30-20(35)14-33-22(36)32(11-12-39-4)21(31-33)18-9-10-19(26)40-18/h5-10,17H,11-14H2,1-4H3,(H,30,35)(H,37,38). The second kappa shape index (κ2) is 12.4. The third-order valence-electron chi connectivity index (χ3n) is 5.89. The van der Waals surface area contributed by atoms with E-state index in [1.54, 1.807) is 12.1 Å². The summed E-state index contributed by atoms with van der Waals surface area (Å²) in [6.45, 7) is 3.92. The molecule has 3 aromatic rings. The van der Waals surface area contributed by atoms with Crippen LogP contribution in [0.15, 0.2) is 41.2 Å². The summed E-state index contributed by atoms with van der Waals surface area (Å²) in [5.74, 6) is -0.475. The maximum atomic E-state index is 13.9. The van der Waals surface area contributed by atoms with Crippen molar-refractivity contribution in [1.82, 2.24) is 24.6 Å². The number of alkyl halides is 3. The first kappa shape index (κ1) is 31.2. The van der Waals surface area contributed by atoms with Gasteiger partial charge < -0.3 is 15.2 Å². The molecule has 0 aliphatic heterocycles. The number of amides is 2. The molecule has 0 aliphatic rings. The monoisotopic (exact) mass is 603 g/mol. The van der Waals surface area contributed by atoms with E-state index in [4.69, 9.17) is 16.3 Å². The largest absolute Gasteiger partial charge is 0.465 e. The SMILES string of the molecule is COCCn1c(-c2ccc(Cl)s2)nn(CC(=O)NCC(c2ccccc2C(F)(F)F)N(C(=O)O)C(C)(C)C)c1=O. The van der Waals surface area contributed by atoms with Gasteiger partial charge in [0.15, 0.2) is 5.82 Å². The van der Waals surface area contributed by atoms with Gasteiger partial charge >= 0.3 is 18.0 Å². The molecule has 40 heavy (non-hydrogen) atoms. The third kappa shape index (κ3) is 7.23. The topological polar surface area (TPSA) is 119 Å². The summed E-state index contributed by atoms with van der Waals surface area (Å²) in [5.41, 5.74) is -3.05. The number of methoxy groups -OCH3 is 1. The first-order valence-corrected chi connectivity index (χ1v) is 13.2. The van der Waals surface area contributed by atoms with Crippen molar-refractivity contribution in [3.8, 4) is 10.7 Å². The number of carbonyl (C=O) groups is 2. The molecule has 1 aromatic carbocycles. The zero-order chi connectivity index (χ0) is 29.8. The van der Waals surface area contributed by atoms with Gasteiger partial charge in [-0.05, 0) is 44.5 Å². The molecule has 1 unspecified atom stereocenters. The molecule has 2 heterocycles. The molecule has 10 nitrogen and oxygen atoms in total. The second-order valence-electron chi connectivity index (χ2n) is 9.74. The summed E-state index contributed by atoms with van der Waals surface area (Å²) in [6.07, 6.45) is -6.22. The minimum absolute atomic E-state index is 0.150. The minimum Gasteiger partial charge on any atom is -0.465 e. The fraction of sp³-hybridized carbons (Fsp3) is 0.440. The van der Waals surface area contributed by atoms with Gasteiger partial charge in [-0.2, -0.15) is 13.2 Å². The number of aromatic nitrogens is 3. The van der Waals surface area contributed by atoms with Crippen LogP contribution < -0.4 is 11.0 Å². The van der Waals surface area contributed by atoms with Gasteiger partial charge in [0.1, 0.15) is 6.54 Å². The lowest BCUT2D eigenvalue weighted by Crippen LogP contribution is -2.51. The van der Waals surface area contributed by atoms with Crippen molar-refractivity contribution in [3.63, 3.8) is 0 Å². The van der Waals surface area contributed by atoms with Gasteiger partial charge in [0.2, 0.25) is 5.91 Å². The van der Waals surface area contributed by atoms with E-state index in [1.165, 1.54) is 62.0 Å². The van der Waals surface area contributed by atoms with Crippen LogP contribution in [0.5, 0.6) is 0 Å². The summed E-state index contributed by atoms with van der Waals surface area (Å²) >= 11 is 7.22. The van der Waals surface area contributed by atoms with E-state index in [1.807, 2.05) is 0 Å². The van der Waals surface area contributed by atoms with E-state index in [-0.39, 0.29) is 24.5 Å². The summed E-state index contributed by atoms with van der Waals surface area (Å²) in [4.78, 5) is 39.7. The zero-order valence-corrected chi connectivity index (χ0v) is 23.7. The quantitative estimate of drug-likeness (QED) is 0.346. The molecule has 15 heteroatoms. The fourth-order valence-electron chi connectivity index (χ4n) is 4.22. The number of thiophene rings is 1. The normalized spacial score (nSPS) is 12.8. The van der Waals surface area contributed by atoms with Crippen LogP contribution in [-0.4, -0.2) is 62.2 Å². The van der Waals surface area contributed by atoms with Gasteiger partial charge in [0.05, 0.1) is 34.0 Å². The van der Waals surface area contributed by atoms with E-state index < -0.39 is 54.1 Å². The van der Waals surface area contributed by atoms with Crippen molar-refractivity contribution in [1.29, 1.82) is 0 Å². The highest BCUT2D eigenvalue weighted by molar-refractivity contribution is 7.19. The Morgan fingerprint density at radius 3 is 2.42 bits per heavy atom. The Morgan fingerprint density at radius 1 is 1.20 bits per heavy atom. The van der Waals surface area contributed by atoms with Crippen molar-refractivity contribution in [2.45, 2.75) is 51.6 Å². The number of nitrogens with zero attached hydrogens (tertiary/aromatic N) is 4. The van der Waals surface area contributed by atoms with E-state index in [0.717, 1.165) is 15.6 Å². The Kier molecular flexibility index (Phi) is 9.69. The molecule has 0 radical (unpaired) electrons. The highest BCUT2D eigenvalue weighted by atomic mass is 35.5. The maximum Gasteiger partial charge on any atom is 0.416 e. The highest BCUT2D eigenvalue weighted by Crippen LogP contribution is 2.38. The molecule has 0 fully saturated rings. The molecule has 0 bridgehead atoms. The number of carbonyl (C=O) groups excluding carboxylic acids is 1. The minimum atomic E-state index is -4.76. The molecule has 0 spiro atoms. The lowest BCUT2D eigenvalue weighted by atomic mass is 9.94. The maximum absolute atomic E-state index is 13.9. The molecular weight excluding hydrogens is 575 g/mol. The number of rotatable bonds is 10. The molecule has 0 saturated carbocycles. The number of benzene rings is 1. The molecule has 1 atom stereocenters. The third-order valence-corrected chi connectivity index (χ3v) is 7.11. The van der Waals surface area contributed by atoms with Crippen molar-refractivity contribution in [2.24, 2.45) is 0 Å². The average Bonchev–Trinajstić information content (AvgIpc) is 3.41. The Labute approximate surface area is 236 Å².